The number of carbonyl (C=O) groups is 1. The molecule has 3 aromatic rings. The van der Waals surface area contributed by atoms with Gasteiger partial charge in [0.25, 0.3) is 0 Å². The Hall–Kier alpha value is -3.51. The highest BCUT2D eigenvalue weighted by Crippen LogP contribution is 2.29. The summed E-state index contributed by atoms with van der Waals surface area (Å²) in [6.07, 6.45) is 4.48. The van der Waals surface area contributed by atoms with Crippen molar-refractivity contribution in [2.45, 2.75) is 59.6 Å². The summed E-state index contributed by atoms with van der Waals surface area (Å²) < 4.78 is 12.7. The molecule has 0 aliphatic rings. The average Bonchev–Trinajstić information content (AvgIpc) is 3.09. The van der Waals surface area contributed by atoms with Crippen molar-refractivity contribution in [3.05, 3.63) is 39.9 Å². The number of nitrogen functional groups attached to an aromatic ring is 1. The van der Waals surface area contributed by atoms with Gasteiger partial charge < -0.3 is 25.1 Å². The first-order valence-corrected chi connectivity index (χ1v) is 11.6. The fourth-order valence-electron chi connectivity index (χ4n) is 3.61. The number of nitrogens with one attached hydrogen (secondary N) is 1. The summed E-state index contributed by atoms with van der Waals surface area (Å²) >= 11 is 6.42. The van der Waals surface area contributed by atoms with Gasteiger partial charge >= 0.3 is 6.09 Å². The van der Waals surface area contributed by atoms with Crippen LogP contribution in [-0.4, -0.2) is 44.9 Å². The van der Waals surface area contributed by atoms with E-state index in [1.54, 1.807) is 13.3 Å². The molecule has 0 atom stereocenters. The maximum atomic E-state index is 11.7. The molecule has 0 spiro atoms. The summed E-state index contributed by atoms with van der Waals surface area (Å²) in [6.45, 7) is 10.3. The Morgan fingerprint density at radius 2 is 2.03 bits per heavy atom. The van der Waals surface area contributed by atoms with Gasteiger partial charge in [-0.25, -0.2) is 9.78 Å². The van der Waals surface area contributed by atoms with E-state index in [1.165, 1.54) is 0 Å². The third kappa shape index (κ3) is 6.55. The Morgan fingerprint density at radius 1 is 1.29 bits per heavy atom. The summed E-state index contributed by atoms with van der Waals surface area (Å²) in [6, 6.07) is 0. The second-order valence-electron chi connectivity index (χ2n) is 9.12. The number of unbranched alkanes of at least 4 members (excludes halogenated alkanes) is 1. The number of nitrogens with zero attached hydrogens (tertiary/aromatic N) is 4. The molecule has 186 valence electrons. The number of pyridine rings is 1. The standard InChI is InChI=1S/C25H31ClN6O3/c1-15-12-29-18(16(2)20(15)34-6)14-32-13-17(19-21(26)30-23(27)31-22(19)32)10-8-7-9-11-28-24(33)35-25(3,4)5/h12-13H,7,9,11,14H2,1-6H3,(H,28,33)(H2,27,30,31). The van der Waals surface area contributed by atoms with Crippen LogP contribution in [0.15, 0.2) is 12.4 Å². The van der Waals surface area contributed by atoms with Crippen molar-refractivity contribution >= 4 is 34.7 Å². The van der Waals surface area contributed by atoms with Crippen LogP contribution in [0.1, 0.15) is 56.0 Å². The van der Waals surface area contributed by atoms with Crippen LogP contribution >= 0.6 is 11.6 Å². The number of fused-ring (bicyclic) bond motifs is 1. The van der Waals surface area contributed by atoms with E-state index in [4.69, 9.17) is 26.8 Å². The summed E-state index contributed by atoms with van der Waals surface area (Å²) in [4.78, 5) is 24.8. The Kier molecular flexibility index (Phi) is 8.07. The number of amides is 1. The number of carbonyl (C=O) groups excluding carboxylic acids is 1. The number of hydrogen-bond acceptors (Lipinski definition) is 7. The van der Waals surface area contributed by atoms with Crippen LogP contribution < -0.4 is 15.8 Å². The van der Waals surface area contributed by atoms with Crippen LogP contribution in [0.3, 0.4) is 0 Å². The van der Waals surface area contributed by atoms with Crippen LogP contribution in [0.5, 0.6) is 5.75 Å². The van der Waals surface area contributed by atoms with Crippen LogP contribution in [-0.2, 0) is 11.3 Å². The van der Waals surface area contributed by atoms with Gasteiger partial charge in [-0.1, -0.05) is 23.4 Å². The number of nitrogens with two attached hydrogens (primary N) is 1. The van der Waals surface area contributed by atoms with E-state index in [1.807, 2.05) is 45.4 Å². The molecule has 0 fully saturated rings. The van der Waals surface area contributed by atoms with Crippen molar-refractivity contribution in [1.82, 2.24) is 24.8 Å². The number of methoxy groups -OCH3 is 1. The Balaban J connectivity index is 1.80. The molecule has 0 aromatic carbocycles. The van der Waals surface area contributed by atoms with Crippen LogP contribution in [0.2, 0.25) is 5.15 Å². The monoisotopic (exact) mass is 498 g/mol. The third-order valence-electron chi connectivity index (χ3n) is 5.13. The summed E-state index contributed by atoms with van der Waals surface area (Å²) in [7, 11) is 1.65. The maximum absolute atomic E-state index is 11.7. The second kappa shape index (κ2) is 10.8. The van der Waals surface area contributed by atoms with Gasteiger partial charge in [0.15, 0.2) is 0 Å². The average molecular weight is 499 g/mol. The minimum Gasteiger partial charge on any atom is -0.496 e. The number of aryl methyl sites for hydroxylation is 1. The highest BCUT2D eigenvalue weighted by Gasteiger charge is 2.17. The predicted octanol–water partition coefficient (Wildman–Crippen LogP) is 4.39. The Labute approximate surface area is 210 Å². The number of rotatable bonds is 6. The lowest BCUT2D eigenvalue weighted by Gasteiger charge is -2.19. The molecule has 0 saturated carbocycles. The highest BCUT2D eigenvalue weighted by molar-refractivity contribution is 6.34. The quantitative estimate of drug-likeness (QED) is 0.294. The molecule has 1 amide bonds. The molecule has 9 nitrogen and oxygen atoms in total. The second-order valence-corrected chi connectivity index (χ2v) is 9.48. The van der Waals surface area contributed by atoms with Gasteiger partial charge in [-0.15, -0.1) is 0 Å². The minimum atomic E-state index is -0.527. The number of aromatic nitrogens is 4. The van der Waals surface area contributed by atoms with Crippen molar-refractivity contribution in [2.75, 3.05) is 19.4 Å². The maximum Gasteiger partial charge on any atom is 0.407 e. The molecule has 3 aromatic heterocycles. The van der Waals surface area contributed by atoms with Crippen molar-refractivity contribution in [3.8, 4) is 17.6 Å². The van der Waals surface area contributed by atoms with Gasteiger partial charge in [-0.3, -0.25) is 4.98 Å². The fraction of sp³-hybridized carbons (Fsp3) is 0.440. The van der Waals surface area contributed by atoms with Gasteiger partial charge in [-0.05, 0) is 41.0 Å². The minimum absolute atomic E-state index is 0.0840. The zero-order valence-corrected chi connectivity index (χ0v) is 21.7. The molecule has 3 N–H and O–H groups in total. The van der Waals surface area contributed by atoms with Crippen LogP contribution in [0.25, 0.3) is 11.0 Å². The summed E-state index contributed by atoms with van der Waals surface area (Å²) in [5, 5.41) is 3.61. The zero-order valence-electron chi connectivity index (χ0n) is 21.0. The molecule has 10 heteroatoms. The van der Waals surface area contributed by atoms with Crippen LogP contribution in [0, 0.1) is 25.7 Å². The Bertz CT molecular complexity index is 1300. The van der Waals surface area contributed by atoms with Gasteiger partial charge in [0.2, 0.25) is 5.95 Å². The highest BCUT2D eigenvalue weighted by atomic mass is 35.5. The van der Waals surface area contributed by atoms with Gasteiger partial charge in [0, 0.05) is 36.5 Å². The first-order valence-electron chi connectivity index (χ1n) is 11.3. The number of hydrogen-bond donors (Lipinski definition) is 2. The summed E-state index contributed by atoms with van der Waals surface area (Å²) in [5.74, 6) is 7.19. The van der Waals surface area contributed by atoms with Crippen LogP contribution in [0.4, 0.5) is 10.7 Å². The van der Waals surface area contributed by atoms with Gasteiger partial charge in [-0.2, -0.15) is 4.98 Å². The first kappa shape index (κ1) is 26.1. The van der Waals surface area contributed by atoms with E-state index in [0.717, 1.165) is 22.6 Å². The largest absolute Gasteiger partial charge is 0.496 e. The van der Waals surface area contributed by atoms with Crippen molar-refractivity contribution in [1.29, 1.82) is 0 Å². The first-order chi connectivity index (χ1) is 16.5. The van der Waals surface area contributed by atoms with E-state index in [0.29, 0.717) is 42.5 Å². The van der Waals surface area contributed by atoms with Crippen molar-refractivity contribution in [2.24, 2.45) is 0 Å². The normalized spacial score (nSPS) is 11.2. The van der Waals surface area contributed by atoms with E-state index < -0.39 is 11.7 Å². The smallest absolute Gasteiger partial charge is 0.407 e. The van der Waals surface area contributed by atoms with Crippen molar-refractivity contribution < 1.29 is 14.3 Å². The lowest BCUT2D eigenvalue weighted by Crippen LogP contribution is -2.32. The molecular formula is C25H31ClN6O3. The summed E-state index contributed by atoms with van der Waals surface area (Å²) in [5.41, 5.74) is 9.38. The molecule has 3 rings (SSSR count). The third-order valence-corrected chi connectivity index (χ3v) is 5.40. The van der Waals surface area contributed by atoms with E-state index in [-0.39, 0.29) is 11.1 Å². The predicted molar refractivity (Wildman–Crippen MR) is 137 cm³/mol. The molecule has 0 aliphatic carbocycles. The molecule has 35 heavy (non-hydrogen) atoms. The lowest BCUT2D eigenvalue weighted by molar-refractivity contribution is 0.0527. The SMILES string of the molecule is COc1c(C)cnc(Cn2cc(C#CCCCNC(=O)OC(C)(C)C)c3c(Cl)nc(N)nc32)c1C. The number of anilines is 1. The molecule has 0 saturated heterocycles. The number of halogens is 1. The van der Waals surface area contributed by atoms with Crippen molar-refractivity contribution in [3.63, 3.8) is 0 Å². The molecule has 0 unspecified atom stereocenters. The lowest BCUT2D eigenvalue weighted by atomic mass is 10.1. The topological polar surface area (TPSA) is 117 Å². The number of alkyl carbamates (subject to hydrolysis) is 1. The number of ether oxygens (including phenoxy) is 2. The fourth-order valence-corrected chi connectivity index (χ4v) is 3.88. The van der Waals surface area contributed by atoms with E-state index in [9.17, 15) is 4.79 Å². The van der Waals surface area contributed by atoms with Gasteiger partial charge in [0.1, 0.15) is 22.2 Å². The molecule has 0 bridgehead atoms. The molecule has 0 aliphatic heterocycles. The zero-order chi connectivity index (χ0) is 25.8. The molecule has 0 radical (unpaired) electrons. The molecular weight excluding hydrogens is 468 g/mol. The van der Waals surface area contributed by atoms with Gasteiger partial charge in [0.05, 0.1) is 30.3 Å². The Morgan fingerprint density at radius 3 is 2.71 bits per heavy atom. The molecule has 3 heterocycles. The van der Waals surface area contributed by atoms with E-state index in [2.05, 4.69) is 32.1 Å². The van der Waals surface area contributed by atoms with E-state index >= 15 is 0 Å².